The van der Waals surface area contributed by atoms with E-state index in [4.69, 9.17) is 4.74 Å². The summed E-state index contributed by atoms with van der Waals surface area (Å²) in [4.78, 5) is 13.8. The molecule has 1 aliphatic heterocycles. The number of nitrogens with one attached hydrogen (secondary N) is 1. The van der Waals surface area contributed by atoms with Gasteiger partial charge in [-0.1, -0.05) is 0 Å². The molecule has 1 N–H and O–H groups in total. The van der Waals surface area contributed by atoms with Gasteiger partial charge in [0.25, 0.3) is 0 Å². The van der Waals surface area contributed by atoms with Crippen LogP contribution in [-0.4, -0.2) is 48.2 Å². The van der Waals surface area contributed by atoms with Gasteiger partial charge in [0.05, 0.1) is 18.8 Å². The first kappa shape index (κ1) is 13.5. The second kappa shape index (κ2) is 4.72. The average Bonchev–Trinajstić information content (AvgIpc) is 2.11. The lowest BCUT2D eigenvalue weighted by atomic mass is 10.1. The first-order chi connectivity index (χ1) is 7.20. The van der Waals surface area contributed by atoms with E-state index >= 15 is 0 Å². The number of carbonyl (C=O) groups is 1. The maximum atomic E-state index is 11.9. The van der Waals surface area contributed by atoms with Crippen LogP contribution in [0.15, 0.2) is 0 Å². The van der Waals surface area contributed by atoms with E-state index in [0.29, 0.717) is 26.2 Å². The number of amides is 1. The fraction of sp³-hybridized carbons (Fsp3) is 0.917. The quantitative estimate of drug-likeness (QED) is 0.767. The Labute approximate surface area is 98.3 Å². The molecular formula is C12H24N2O2. The summed E-state index contributed by atoms with van der Waals surface area (Å²) >= 11 is 0. The Hall–Kier alpha value is -0.610. The van der Waals surface area contributed by atoms with Gasteiger partial charge in [0.15, 0.2) is 0 Å². The van der Waals surface area contributed by atoms with E-state index < -0.39 is 0 Å². The molecule has 4 heteroatoms. The zero-order chi connectivity index (χ0) is 12.4. The van der Waals surface area contributed by atoms with Gasteiger partial charge in [-0.25, -0.2) is 0 Å². The highest BCUT2D eigenvalue weighted by Gasteiger charge is 2.29. The van der Waals surface area contributed by atoms with Crippen LogP contribution in [-0.2, 0) is 9.53 Å². The second-order valence-electron chi connectivity index (χ2n) is 6.03. The molecule has 1 aliphatic rings. The van der Waals surface area contributed by atoms with E-state index in [1.54, 1.807) is 0 Å². The van der Waals surface area contributed by atoms with Crippen molar-refractivity contribution in [2.45, 2.75) is 45.8 Å². The van der Waals surface area contributed by atoms with Crippen molar-refractivity contribution in [3.05, 3.63) is 0 Å². The smallest absolute Gasteiger partial charge is 0.236 e. The first-order valence-electron chi connectivity index (χ1n) is 5.86. The molecule has 1 heterocycles. The van der Waals surface area contributed by atoms with E-state index in [9.17, 15) is 4.79 Å². The van der Waals surface area contributed by atoms with E-state index in [1.807, 2.05) is 18.7 Å². The van der Waals surface area contributed by atoms with Crippen molar-refractivity contribution in [3.8, 4) is 0 Å². The molecule has 1 saturated heterocycles. The molecule has 1 fully saturated rings. The Bertz CT molecular complexity index is 256. The average molecular weight is 228 g/mol. The maximum Gasteiger partial charge on any atom is 0.236 e. The first-order valence-corrected chi connectivity index (χ1v) is 5.86. The molecule has 0 aromatic rings. The molecule has 0 radical (unpaired) electrons. The molecule has 0 bridgehead atoms. The second-order valence-corrected chi connectivity index (χ2v) is 6.03. The van der Waals surface area contributed by atoms with Crippen LogP contribution < -0.4 is 5.32 Å². The molecule has 0 aromatic carbocycles. The monoisotopic (exact) mass is 228 g/mol. The molecule has 94 valence electrons. The Morgan fingerprint density at radius 1 is 1.44 bits per heavy atom. The lowest BCUT2D eigenvalue weighted by Gasteiger charge is -2.38. The number of ether oxygens (including phenoxy) is 1. The van der Waals surface area contributed by atoms with Crippen LogP contribution in [0.5, 0.6) is 0 Å². The SMILES string of the molecule is CC(C)(C)NCC(=O)N1CCOC(C)(C)C1. The van der Waals surface area contributed by atoms with E-state index in [0.717, 1.165) is 0 Å². The van der Waals surface area contributed by atoms with Crippen LogP contribution >= 0.6 is 0 Å². The highest BCUT2D eigenvalue weighted by Crippen LogP contribution is 2.16. The zero-order valence-corrected chi connectivity index (χ0v) is 11.1. The van der Waals surface area contributed by atoms with Crippen LogP contribution in [0, 0.1) is 0 Å². The van der Waals surface area contributed by atoms with Crippen molar-refractivity contribution >= 4 is 5.91 Å². The summed E-state index contributed by atoms with van der Waals surface area (Å²) in [6.45, 7) is 12.6. The molecule has 0 aliphatic carbocycles. The fourth-order valence-electron chi connectivity index (χ4n) is 1.68. The van der Waals surface area contributed by atoms with Crippen molar-refractivity contribution in [2.75, 3.05) is 26.2 Å². The number of morpholine rings is 1. The van der Waals surface area contributed by atoms with E-state index in [1.165, 1.54) is 0 Å². The van der Waals surface area contributed by atoms with Gasteiger partial charge < -0.3 is 15.0 Å². The van der Waals surface area contributed by atoms with Gasteiger partial charge in [0.2, 0.25) is 5.91 Å². The third-order valence-corrected chi connectivity index (χ3v) is 2.55. The number of rotatable bonds is 2. The zero-order valence-electron chi connectivity index (χ0n) is 11.1. The summed E-state index contributed by atoms with van der Waals surface area (Å²) in [6.07, 6.45) is 0. The predicted octanol–water partition coefficient (Wildman–Crippen LogP) is 1.01. The van der Waals surface area contributed by atoms with Crippen LogP contribution in [0.25, 0.3) is 0 Å². The lowest BCUT2D eigenvalue weighted by Crippen LogP contribution is -2.53. The normalized spacial score (nSPS) is 20.9. The van der Waals surface area contributed by atoms with Crippen molar-refractivity contribution in [1.29, 1.82) is 0 Å². The molecule has 1 amide bonds. The largest absolute Gasteiger partial charge is 0.372 e. The van der Waals surface area contributed by atoms with Crippen LogP contribution in [0.1, 0.15) is 34.6 Å². The minimum Gasteiger partial charge on any atom is -0.372 e. The summed E-state index contributed by atoms with van der Waals surface area (Å²) < 4.78 is 5.58. The van der Waals surface area contributed by atoms with Gasteiger partial charge in [0, 0.05) is 18.6 Å². The van der Waals surface area contributed by atoms with Gasteiger partial charge in [-0.05, 0) is 34.6 Å². The minimum absolute atomic E-state index is 0.0164. The van der Waals surface area contributed by atoms with E-state index in [-0.39, 0.29) is 17.0 Å². The van der Waals surface area contributed by atoms with Crippen LogP contribution in [0.4, 0.5) is 0 Å². The Morgan fingerprint density at radius 3 is 2.56 bits per heavy atom. The fourth-order valence-corrected chi connectivity index (χ4v) is 1.68. The van der Waals surface area contributed by atoms with Gasteiger partial charge in [-0.3, -0.25) is 4.79 Å². The Kier molecular flexibility index (Phi) is 3.97. The van der Waals surface area contributed by atoms with Gasteiger partial charge in [-0.15, -0.1) is 0 Å². The summed E-state index contributed by atoms with van der Waals surface area (Å²) in [5, 5.41) is 3.21. The molecule has 1 rings (SSSR count). The number of nitrogens with zero attached hydrogens (tertiary/aromatic N) is 1. The molecule has 0 unspecified atom stereocenters. The summed E-state index contributed by atoms with van der Waals surface area (Å²) in [5.74, 6) is 0.159. The maximum absolute atomic E-state index is 11.9. The molecule has 0 atom stereocenters. The van der Waals surface area contributed by atoms with Crippen molar-refractivity contribution in [1.82, 2.24) is 10.2 Å². The van der Waals surface area contributed by atoms with Crippen LogP contribution in [0.2, 0.25) is 0 Å². The van der Waals surface area contributed by atoms with Gasteiger partial charge in [0.1, 0.15) is 0 Å². The molecule has 0 spiro atoms. The third kappa shape index (κ3) is 4.49. The predicted molar refractivity (Wildman–Crippen MR) is 64.4 cm³/mol. The summed E-state index contributed by atoms with van der Waals surface area (Å²) in [6, 6.07) is 0. The molecule has 0 aromatic heterocycles. The Balaban J connectivity index is 2.42. The van der Waals surface area contributed by atoms with Gasteiger partial charge >= 0.3 is 0 Å². The van der Waals surface area contributed by atoms with Crippen LogP contribution in [0.3, 0.4) is 0 Å². The number of carbonyl (C=O) groups excluding carboxylic acids is 1. The summed E-state index contributed by atoms with van der Waals surface area (Å²) in [7, 11) is 0. The number of hydrogen-bond donors (Lipinski definition) is 1. The van der Waals surface area contributed by atoms with Crippen molar-refractivity contribution in [3.63, 3.8) is 0 Å². The lowest BCUT2D eigenvalue weighted by molar-refractivity contribution is -0.145. The highest BCUT2D eigenvalue weighted by molar-refractivity contribution is 5.78. The minimum atomic E-state index is -0.213. The van der Waals surface area contributed by atoms with Crippen molar-refractivity contribution < 1.29 is 9.53 Å². The molecular weight excluding hydrogens is 204 g/mol. The molecule has 4 nitrogen and oxygen atoms in total. The third-order valence-electron chi connectivity index (χ3n) is 2.55. The van der Waals surface area contributed by atoms with Crippen molar-refractivity contribution in [2.24, 2.45) is 0 Å². The summed E-state index contributed by atoms with van der Waals surface area (Å²) in [5.41, 5.74) is -0.229. The number of hydrogen-bond acceptors (Lipinski definition) is 3. The highest BCUT2D eigenvalue weighted by atomic mass is 16.5. The molecule has 16 heavy (non-hydrogen) atoms. The standard InChI is InChI=1S/C12H24N2O2/c1-11(2,3)13-8-10(15)14-6-7-16-12(4,5)9-14/h13H,6-9H2,1-5H3. The van der Waals surface area contributed by atoms with E-state index in [2.05, 4.69) is 26.1 Å². The Morgan fingerprint density at radius 2 is 2.06 bits per heavy atom. The van der Waals surface area contributed by atoms with Gasteiger partial charge in [-0.2, -0.15) is 0 Å². The molecule has 0 saturated carbocycles. The topological polar surface area (TPSA) is 41.6 Å².